The van der Waals surface area contributed by atoms with Crippen LogP contribution in [0.2, 0.25) is 5.02 Å². The molecule has 3 rings (SSSR count). The quantitative estimate of drug-likeness (QED) is 0.902. The summed E-state index contributed by atoms with van der Waals surface area (Å²) in [5, 5.41) is 10.2. The van der Waals surface area contributed by atoms with Crippen LogP contribution in [0.3, 0.4) is 0 Å². The van der Waals surface area contributed by atoms with Gasteiger partial charge in [0.25, 0.3) is 0 Å². The standard InChI is InChI=1S/C15H21ClN2O/c16-13-4-5-15(12(9-13)11-19)18-8-7-17-6-2-1-3-14(17)10-18/h4-5,9,14,19H,1-3,6-8,10-11H2. The molecular formula is C15H21ClN2O. The highest BCUT2D eigenvalue weighted by atomic mass is 35.5. The number of aliphatic hydroxyl groups is 1. The number of rotatable bonds is 2. The Bertz CT molecular complexity index is 452. The van der Waals surface area contributed by atoms with Gasteiger partial charge in [0.1, 0.15) is 0 Å². The summed E-state index contributed by atoms with van der Waals surface area (Å²) in [7, 11) is 0. The molecule has 1 aromatic carbocycles. The van der Waals surface area contributed by atoms with E-state index in [4.69, 9.17) is 11.6 Å². The first-order valence-electron chi connectivity index (χ1n) is 7.16. The van der Waals surface area contributed by atoms with E-state index in [1.165, 1.54) is 25.8 Å². The number of benzene rings is 1. The van der Waals surface area contributed by atoms with Crippen LogP contribution >= 0.6 is 11.6 Å². The maximum absolute atomic E-state index is 9.51. The van der Waals surface area contributed by atoms with Crippen LogP contribution in [0.15, 0.2) is 18.2 Å². The third-order valence-electron chi connectivity index (χ3n) is 4.39. The molecule has 0 amide bonds. The number of hydrogen-bond acceptors (Lipinski definition) is 3. The van der Waals surface area contributed by atoms with Crippen molar-refractivity contribution in [2.45, 2.75) is 31.9 Å². The molecule has 0 aliphatic carbocycles. The Morgan fingerprint density at radius 2 is 2.11 bits per heavy atom. The Kier molecular flexibility index (Phi) is 3.96. The summed E-state index contributed by atoms with van der Waals surface area (Å²) in [5.74, 6) is 0. The maximum atomic E-state index is 9.51. The van der Waals surface area contributed by atoms with Crippen LogP contribution in [0, 0.1) is 0 Å². The van der Waals surface area contributed by atoms with Gasteiger partial charge in [0.2, 0.25) is 0 Å². The van der Waals surface area contributed by atoms with Gasteiger partial charge >= 0.3 is 0 Å². The lowest BCUT2D eigenvalue weighted by Crippen LogP contribution is -2.55. The molecule has 1 unspecified atom stereocenters. The average Bonchev–Trinajstić information content (AvgIpc) is 2.46. The molecule has 0 saturated carbocycles. The minimum atomic E-state index is 0.0563. The number of fused-ring (bicyclic) bond motifs is 1. The monoisotopic (exact) mass is 280 g/mol. The summed E-state index contributed by atoms with van der Waals surface area (Å²) < 4.78 is 0. The summed E-state index contributed by atoms with van der Waals surface area (Å²) in [6.07, 6.45) is 4.00. The van der Waals surface area contributed by atoms with E-state index in [1.54, 1.807) is 0 Å². The molecule has 2 heterocycles. The molecular weight excluding hydrogens is 260 g/mol. The number of piperidine rings is 1. The van der Waals surface area contributed by atoms with Gasteiger partial charge in [0, 0.05) is 41.9 Å². The SMILES string of the molecule is OCc1cc(Cl)ccc1N1CCN2CCCCC2C1. The fourth-order valence-electron chi connectivity index (χ4n) is 3.36. The van der Waals surface area contributed by atoms with Gasteiger partial charge in [-0.2, -0.15) is 0 Å². The molecule has 1 atom stereocenters. The zero-order valence-corrected chi connectivity index (χ0v) is 11.9. The Morgan fingerprint density at radius 1 is 1.21 bits per heavy atom. The predicted octanol–water partition coefficient (Wildman–Crippen LogP) is 2.51. The second-order valence-corrected chi connectivity index (χ2v) is 6.00. The zero-order chi connectivity index (χ0) is 13.2. The van der Waals surface area contributed by atoms with Crippen LogP contribution in [0.4, 0.5) is 5.69 Å². The van der Waals surface area contributed by atoms with Crippen molar-refractivity contribution < 1.29 is 5.11 Å². The molecule has 1 aromatic rings. The number of nitrogens with zero attached hydrogens (tertiary/aromatic N) is 2. The van der Waals surface area contributed by atoms with Crippen molar-refractivity contribution in [3.63, 3.8) is 0 Å². The van der Waals surface area contributed by atoms with E-state index in [2.05, 4.69) is 9.80 Å². The zero-order valence-electron chi connectivity index (χ0n) is 11.2. The molecule has 3 nitrogen and oxygen atoms in total. The molecule has 0 bridgehead atoms. The van der Waals surface area contributed by atoms with Crippen LogP contribution < -0.4 is 4.90 Å². The van der Waals surface area contributed by atoms with Gasteiger partial charge in [-0.05, 0) is 37.6 Å². The second-order valence-electron chi connectivity index (χ2n) is 5.56. The first kappa shape index (κ1) is 13.2. The van der Waals surface area contributed by atoms with Gasteiger partial charge in [-0.3, -0.25) is 4.90 Å². The molecule has 0 spiro atoms. The van der Waals surface area contributed by atoms with Crippen molar-refractivity contribution in [1.82, 2.24) is 4.90 Å². The normalized spacial score (nSPS) is 24.3. The topological polar surface area (TPSA) is 26.7 Å². The second kappa shape index (κ2) is 5.70. The number of aliphatic hydroxyl groups excluding tert-OH is 1. The van der Waals surface area contributed by atoms with Crippen molar-refractivity contribution in [3.05, 3.63) is 28.8 Å². The van der Waals surface area contributed by atoms with Crippen LogP contribution in [-0.2, 0) is 6.61 Å². The lowest BCUT2D eigenvalue weighted by molar-refractivity contribution is 0.133. The van der Waals surface area contributed by atoms with E-state index in [0.29, 0.717) is 11.1 Å². The van der Waals surface area contributed by atoms with Crippen molar-refractivity contribution >= 4 is 17.3 Å². The Balaban J connectivity index is 1.79. The fraction of sp³-hybridized carbons (Fsp3) is 0.600. The highest BCUT2D eigenvalue weighted by Crippen LogP contribution is 2.29. The van der Waals surface area contributed by atoms with E-state index in [9.17, 15) is 5.11 Å². The van der Waals surface area contributed by atoms with Gasteiger partial charge in [-0.25, -0.2) is 0 Å². The van der Waals surface area contributed by atoms with Crippen LogP contribution in [0.5, 0.6) is 0 Å². The number of halogens is 1. The molecule has 1 N–H and O–H groups in total. The Morgan fingerprint density at radius 3 is 2.95 bits per heavy atom. The number of hydrogen-bond donors (Lipinski definition) is 1. The van der Waals surface area contributed by atoms with Crippen LogP contribution in [0.1, 0.15) is 24.8 Å². The van der Waals surface area contributed by atoms with Gasteiger partial charge in [-0.15, -0.1) is 0 Å². The lowest BCUT2D eigenvalue weighted by atomic mass is 9.98. The van der Waals surface area contributed by atoms with Gasteiger partial charge in [-0.1, -0.05) is 18.0 Å². The van der Waals surface area contributed by atoms with E-state index in [0.717, 1.165) is 30.9 Å². The van der Waals surface area contributed by atoms with E-state index < -0.39 is 0 Å². The van der Waals surface area contributed by atoms with Gasteiger partial charge in [0.15, 0.2) is 0 Å². The van der Waals surface area contributed by atoms with E-state index in [-0.39, 0.29) is 6.61 Å². The summed E-state index contributed by atoms with van der Waals surface area (Å²) in [6, 6.07) is 6.53. The molecule has 2 aliphatic heterocycles. The maximum Gasteiger partial charge on any atom is 0.0702 e. The summed E-state index contributed by atoms with van der Waals surface area (Å²) in [5.41, 5.74) is 2.09. The van der Waals surface area contributed by atoms with Crippen LogP contribution in [0.25, 0.3) is 0 Å². The van der Waals surface area contributed by atoms with Gasteiger partial charge < -0.3 is 10.0 Å². The molecule has 2 fully saturated rings. The number of anilines is 1. The molecule has 0 aromatic heterocycles. The van der Waals surface area contributed by atoms with Crippen molar-refractivity contribution in [3.8, 4) is 0 Å². The van der Waals surface area contributed by atoms with E-state index in [1.807, 2.05) is 18.2 Å². The summed E-state index contributed by atoms with van der Waals surface area (Å²) in [6.45, 7) is 4.57. The Labute approximate surface area is 119 Å². The molecule has 19 heavy (non-hydrogen) atoms. The molecule has 104 valence electrons. The lowest BCUT2D eigenvalue weighted by Gasteiger charge is -2.45. The third kappa shape index (κ3) is 2.73. The van der Waals surface area contributed by atoms with Crippen molar-refractivity contribution in [2.24, 2.45) is 0 Å². The first-order valence-corrected chi connectivity index (χ1v) is 7.54. The number of piperazine rings is 1. The summed E-state index contributed by atoms with van der Waals surface area (Å²) >= 11 is 6.01. The van der Waals surface area contributed by atoms with Crippen molar-refractivity contribution in [2.75, 3.05) is 31.1 Å². The largest absolute Gasteiger partial charge is 0.392 e. The highest BCUT2D eigenvalue weighted by Gasteiger charge is 2.29. The minimum absolute atomic E-state index is 0.0563. The summed E-state index contributed by atoms with van der Waals surface area (Å²) in [4.78, 5) is 5.03. The smallest absolute Gasteiger partial charge is 0.0702 e. The molecule has 4 heteroatoms. The minimum Gasteiger partial charge on any atom is -0.392 e. The fourth-order valence-corrected chi connectivity index (χ4v) is 3.56. The molecule has 2 saturated heterocycles. The average molecular weight is 281 g/mol. The predicted molar refractivity (Wildman–Crippen MR) is 78.8 cm³/mol. The van der Waals surface area contributed by atoms with Crippen LogP contribution in [-0.4, -0.2) is 42.2 Å². The van der Waals surface area contributed by atoms with Gasteiger partial charge in [0.05, 0.1) is 6.61 Å². The first-order chi connectivity index (χ1) is 9.28. The molecule has 0 radical (unpaired) electrons. The third-order valence-corrected chi connectivity index (χ3v) is 4.63. The molecule has 2 aliphatic rings. The van der Waals surface area contributed by atoms with E-state index >= 15 is 0 Å². The Hall–Kier alpha value is -0.770. The van der Waals surface area contributed by atoms with Crippen molar-refractivity contribution in [1.29, 1.82) is 0 Å². The highest BCUT2D eigenvalue weighted by molar-refractivity contribution is 6.30.